The van der Waals surface area contributed by atoms with Crippen LogP contribution in [0.5, 0.6) is 17.4 Å². The number of aromatic nitrogens is 1. The predicted octanol–water partition coefficient (Wildman–Crippen LogP) is 6.21. The quantitative estimate of drug-likeness (QED) is 0.607. The highest BCUT2D eigenvalue weighted by Crippen LogP contribution is 2.32. The zero-order valence-electron chi connectivity index (χ0n) is 13.3. The molecule has 1 aromatic heterocycles. The van der Waals surface area contributed by atoms with Gasteiger partial charge in [0.1, 0.15) is 22.6 Å². The van der Waals surface area contributed by atoms with Crippen LogP contribution in [-0.4, -0.2) is 11.6 Å². The summed E-state index contributed by atoms with van der Waals surface area (Å²) in [6, 6.07) is 5.49. The second-order valence-electron chi connectivity index (χ2n) is 5.18. The molecule has 134 valence electrons. The Bertz CT molecular complexity index is 747. The van der Waals surface area contributed by atoms with Crippen molar-refractivity contribution in [2.45, 2.75) is 20.0 Å². The minimum absolute atomic E-state index is 0.0670. The molecule has 0 atom stereocenters. The van der Waals surface area contributed by atoms with Crippen LogP contribution in [0.1, 0.15) is 16.7 Å². The molecule has 0 amide bonds. The second kappa shape index (κ2) is 7.97. The number of aryl methyl sites for hydroxylation is 2. The molecule has 2 aromatic rings. The Labute approximate surface area is 153 Å². The van der Waals surface area contributed by atoms with Gasteiger partial charge in [-0.1, -0.05) is 23.2 Å². The highest BCUT2D eigenvalue weighted by molar-refractivity contribution is 6.55. The van der Waals surface area contributed by atoms with Gasteiger partial charge in [-0.15, -0.1) is 0 Å². The Morgan fingerprint density at radius 3 is 2.28 bits per heavy atom. The molecule has 0 aliphatic heterocycles. The molecule has 0 bridgehead atoms. The maximum atomic E-state index is 12.5. The fourth-order valence-corrected chi connectivity index (χ4v) is 2.24. The van der Waals surface area contributed by atoms with Gasteiger partial charge in [-0.2, -0.15) is 13.2 Å². The third-order valence-electron chi connectivity index (χ3n) is 3.19. The zero-order chi connectivity index (χ0) is 18.6. The van der Waals surface area contributed by atoms with Gasteiger partial charge in [-0.3, -0.25) is 0 Å². The monoisotopic (exact) mass is 391 g/mol. The summed E-state index contributed by atoms with van der Waals surface area (Å²) >= 11 is 11.1. The van der Waals surface area contributed by atoms with E-state index in [-0.39, 0.29) is 17.0 Å². The summed E-state index contributed by atoms with van der Waals surface area (Å²) in [4.78, 5) is 3.68. The van der Waals surface area contributed by atoms with E-state index in [4.69, 9.17) is 32.7 Å². The van der Waals surface area contributed by atoms with Crippen molar-refractivity contribution in [2.75, 3.05) is 6.61 Å². The molecule has 3 nitrogen and oxygen atoms in total. The van der Waals surface area contributed by atoms with Gasteiger partial charge in [0.25, 0.3) is 0 Å². The van der Waals surface area contributed by atoms with Gasteiger partial charge >= 0.3 is 6.18 Å². The van der Waals surface area contributed by atoms with E-state index in [0.29, 0.717) is 11.5 Å². The number of pyridine rings is 1. The Kier molecular flexibility index (Phi) is 6.19. The molecule has 0 aliphatic carbocycles. The van der Waals surface area contributed by atoms with E-state index in [2.05, 4.69) is 4.98 Å². The number of alkyl halides is 3. The molecule has 25 heavy (non-hydrogen) atoms. The zero-order valence-corrected chi connectivity index (χ0v) is 14.8. The van der Waals surface area contributed by atoms with E-state index in [1.165, 1.54) is 12.1 Å². The molecular formula is C17H14Cl2F3NO2. The maximum Gasteiger partial charge on any atom is 0.417 e. The van der Waals surface area contributed by atoms with Crippen molar-refractivity contribution in [1.82, 2.24) is 4.98 Å². The molecule has 0 spiro atoms. The molecule has 0 unspecified atom stereocenters. The van der Waals surface area contributed by atoms with Crippen LogP contribution in [0, 0.1) is 13.8 Å². The average molecular weight is 392 g/mol. The fourth-order valence-electron chi connectivity index (χ4n) is 2.11. The van der Waals surface area contributed by atoms with Crippen LogP contribution >= 0.6 is 23.2 Å². The molecule has 1 heterocycles. The highest BCUT2D eigenvalue weighted by atomic mass is 35.5. The normalized spacial score (nSPS) is 11.2. The summed E-state index contributed by atoms with van der Waals surface area (Å²) < 4.78 is 48.8. The lowest BCUT2D eigenvalue weighted by Crippen LogP contribution is -2.05. The maximum absolute atomic E-state index is 12.5. The van der Waals surface area contributed by atoms with E-state index in [0.717, 1.165) is 23.4 Å². The van der Waals surface area contributed by atoms with Gasteiger partial charge in [0.2, 0.25) is 5.88 Å². The van der Waals surface area contributed by atoms with E-state index in [9.17, 15) is 13.2 Å². The molecule has 0 radical (unpaired) electrons. The van der Waals surface area contributed by atoms with Crippen molar-refractivity contribution in [3.8, 4) is 17.4 Å². The highest BCUT2D eigenvalue weighted by Gasteiger charge is 2.30. The molecule has 0 fully saturated rings. The molecule has 8 heteroatoms. The van der Waals surface area contributed by atoms with Crippen LogP contribution < -0.4 is 9.47 Å². The Hall–Kier alpha value is -1.92. The van der Waals surface area contributed by atoms with Crippen LogP contribution in [-0.2, 0) is 6.18 Å². The Balaban J connectivity index is 2.14. The van der Waals surface area contributed by atoms with Crippen LogP contribution in [0.25, 0.3) is 0 Å². The predicted molar refractivity (Wildman–Crippen MR) is 90.5 cm³/mol. The van der Waals surface area contributed by atoms with Crippen LogP contribution in [0.2, 0.25) is 0 Å². The average Bonchev–Trinajstić information content (AvgIpc) is 2.49. The minimum Gasteiger partial charge on any atom is -0.489 e. The first-order valence-corrected chi connectivity index (χ1v) is 7.88. The van der Waals surface area contributed by atoms with Crippen molar-refractivity contribution >= 4 is 23.2 Å². The second-order valence-corrected chi connectivity index (χ2v) is 6.18. The SMILES string of the molecule is Cc1cc(Oc2ccc(C(F)(F)F)cn2)cc(C)c1OCC=C(Cl)Cl. The van der Waals surface area contributed by atoms with Crippen LogP contribution in [0.3, 0.4) is 0 Å². The van der Waals surface area contributed by atoms with Crippen molar-refractivity contribution in [3.05, 3.63) is 57.7 Å². The van der Waals surface area contributed by atoms with Gasteiger partial charge in [0.05, 0.1) is 5.56 Å². The lowest BCUT2D eigenvalue weighted by molar-refractivity contribution is -0.137. The number of hydrogen-bond donors (Lipinski definition) is 0. The van der Waals surface area contributed by atoms with E-state index < -0.39 is 11.7 Å². The first-order chi connectivity index (χ1) is 11.7. The first-order valence-electron chi connectivity index (χ1n) is 7.13. The number of benzene rings is 1. The summed E-state index contributed by atoms with van der Waals surface area (Å²) in [5.74, 6) is 1.16. The summed E-state index contributed by atoms with van der Waals surface area (Å²) in [6.45, 7) is 3.85. The standard InChI is InChI=1S/C17H14Cl2F3NO2/c1-10-7-13(8-11(2)16(10)24-6-5-14(18)19)25-15-4-3-12(9-23-15)17(20,21)22/h3-5,7-9H,6H2,1-2H3. The number of hydrogen-bond acceptors (Lipinski definition) is 3. The summed E-state index contributed by atoms with van der Waals surface area (Å²) in [7, 11) is 0. The number of halogens is 5. The molecular weight excluding hydrogens is 378 g/mol. The molecule has 1 aromatic carbocycles. The first kappa shape index (κ1) is 19.4. The van der Waals surface area contributed by atoms with E-state index >= 15 is 0 Å². The van der Waals surface area contributed by atoms with Gasteiger partial charge in [-0.05, 0) is 49.2 Å². The number of rotatable bonds is 5. The summed E-state index contributed by atoms with van der Waals surface area (Å²) in [5, 5.41) is 0. The fraction of sp³-hybridized carbons (Fsp3) is 0.235. The lowest BCUT2D eigenvalue weighted by Gasteiger charge is -2.13. The Morgan fingerprint density at radius 2 is 1.80 bits per heavy atom. The minimum atomic E-state index is -4.43. The van der Waals surface area contributed by atoms with Crippen molar-refractivity contribution < 1.29 is 22.6 Å². The summed E-state index contributed by atoms with van der Waals surface area (Å²) in [6.07, 6.45) is -2.19. The van der Waals surface area contributed by atoms with Crippen molar-refractivity contribution in [1.29, 1.82) is 0 Å². The van der Waals surface area contributed by atoms with Gasteiger partial charge in [0, 0.05) is 12.3 Å². The van der Waals surface area contributed by atoms with Gasteiger partial charge in [0.15, 0.2) is 0 Å². The third-order valence-corrected chi connectivity index (χ3v) is 3.49. The van der Waals surface area contributed by atoms with E-state index in [1.54, 1.807) is 12.1 Å². The Morgan fingerprint density at radius 1 is 1.16 bits per heavy atom. The molecule has 0 saturated heterocycles. The molecule has 2 rings (SSSR count). The largest absolute Gasteiger partial charge is 0.489 e. The molecule has 0 N–H and O–H groups in total. The third kappa shape index (κ3) is 5.54. The van der Waals surface area contributed by atoms with Gasteiger partial charge < -0.3 is 9.47 Å². The molecule has 0 saturated carbocycles. The summed E-state index contributed by atoms with van der Waals surface area (Å²) in [5.41, 5.74) is 0.754. The topological polar surface area (TPSA) is 31.4 Å². The number of nitrogens with zero attached hydrogens (tertiary/aromatic N) is 1. The molecule has 0 aliphatic rings. The lowest BCUT2D eigenvalue weighted by atomic mass is 10.1. The van der Waals surface area contributed by atoms with Crippen LogP contribution in [0.4, 0.5) is 13.2 Å². The van der Waals surface area contributed by atoms with E-state index in [1.807, 2.05) is 13.8 Å². The smallest absolute Gasteiger partial charge is 0.417 e. The number of ether oxygens (including phenoxy) is 2. The van der Waals surface area contributed by atoms with Crippen LogP contribution in [0.15, 0.2) is 41.0 Å². The van der Waals surface area contributed by atoms with Crippen molar-refractivity contribution in [3.63, 3.8) is 0 Å². The van der Waals surface area contributed by atoms with Crippen molar-refractivity contribution in [2.24, 2.45) is 0 Å². The van der Waals surface area contributed by atoms with Gasteiger partial charge in [-0.25, -0.2) is 4.98 Å².